The lowest BCUT2D eigenvalue weighted by Crippen LogP contribution is -2.17. The summed E-state index contributed by atoms with van der Waals surface area (Å²) >= 11 is 6.19. The van der Waals surface area contributed by atoms with Crippen molar-refractivity contribution in [2.24, 2.45) is 5.73 Å². The molecule has 0 atom stereocenters. The molecular weight excluding hydrogens is 238 g/mol. The summed E-state index contributed by atoms with van der Waals surface area (Å²) in [5.74, 6) is 1.45. The molecule has 2 rings (SSSR count). The van der Waals surface area contributed by atoms with Gasteiger partial charge in [-0.2, -0.15) is 0 Å². The summed E-state index contributed by atoms with van der Waals surface area (Å²) in [6.45, 7) is 3.71. The molecule has 0 amide bonds. The van der Waals surface area contributed by atoms with Gasteiger partial charge in [-0.05, 0) is 18.1 Å². The van der Waals surface area contributed by atoms with Crippen molar-refractivity contribution in [1.29, 1.82) is 0 Å². The van der Waals surface area contributed by atoms with Crippen molar-refractivity contribution >= 4 is 17.7 Å². The molecule has 3 nitrogen and oxygen atoms in total. The van der Waals surface area contributed by atoms with Crippen LogP contribution in [0.2, 0.25) is 5.02 Å². The molecule has 2 N–H and O–H groups in total. The second kappa shape index (κ2) is 5.43. The average Bonchev–Trinajstić information content (AvgIpc) is 2.36. The number of rotatable bonds is 3. The lowest BCUT2D eigenvalue weighted by Gasteiger charge is -2.23. The van der Waals surface area contributed by atoms with Gasteiger partial charge in [-0.1, -0.05) is 30.7 Å². The summed E-state index contributed by atoms with van der Waals surface area (Å²) in [5.41, 5.74) is 7.64. The normalized spacial score (nSPS) is 14.3. The molecule has 1 heterocycles. The van der Waals surface area contributed by atoms with Gasteiger partial charge in [-0.25, -0.2) is 0 Å². The van der Waals surface area contributed by atoms with Crippen LogP contribution in [0.15, 0.2) is 12.1 Å². The van der Waals surface area contributed by atoms with E-state index in [1.165, 1.54) is 0 Å². The van der Waals surface area contributed by atoms with Gasteiger partial charge in [0.15, 0.2) is 11.5 Å². The van der Waals surface area contributed by atoms with E-state index in [9.17, 15) is 0 Å². The maximum Gasteiger partial charge on any atom is 0.180 e. The van der Waals surface area contributed by atoms with Crippen molar-refractivity contribution in [2.75, 3.05) is 19.8 Å². The highest BCUT2D eigenvalue weighted by atomic mass is 35.5. The molecule has 17 heavy (non-hydrogen) atoms. The van der Waals surface area contributed by atoms with Crippen molar-refractivity contribution in [2.45, 2.75) is 13.3 Å². The average molecular weight is 254 g/mol. The van der Waals surface area contributed by atoms with E-state index < -0.39 is 0 Å². The van der Waals surface area contributed by atoms with Crippen LogP contribution >= 0.6 is 11.6 Å². The fourth-order valence-electron chi connectivity index (χ4n) is 1.95. The Morgan fingerprint density at radius 3 is 2.71 bits per heavy atom. The summed E-state index contributed by atoms with van der Waals surface area (Å²) in [6.07, 6.45) is 4.75. The third-order valence-electron chi connectivity index (χ3n) is 2.69. The smallest absolute Gasteiger partial charge is 0.180 e. The largest absolute Gasteiger partial charge is 0.486 e. The second-order valence-corrected chi connectivity index (χ2v) is 4.18. The van der Waals surface area contributed by atoms with Gasteiger partial charge in [0.05, 0.1) is 5.02 Å². The van der Waals surface area contributed by atoms with Crippen LogP contribution in [0.25, 0.3) is 6.08 Å². The molecule has 0 saturated heterocycles. The summed E-state index contributed by atoms with van der Waals surface area (Å²) in [6, 6.07) is 1.90. The van der Waals surface area contributed by atoms with Crippen molar-refractivity contribution in [3.63, 3.8) is 0 Å². The van der Waals surface area contributed by atoms with E-state index in [1.54, 1.807) is 0 Å². The molecule has 0 radical (unpaired) electrons. The zero-order valence-corrected chi connectivity index (χ0v) is 10.6. The highest BCUT2D eigenvalue weighted by Crippen LogP contribution is 2.42. The van der Waals surface area contributed by atoms with Gasteiger partial charge in [-0.3, -0.25) is 0 Å². The van der Waals surface area contributed by atoms with E-state index in [0.717, 1.165) is 23.3 Å². The molecule has 0 saturated carbocycles. The molecule has 0 aromatic heterocycles. The first-order valence-electron chi connectivity index (χ1n) is 5.75. The molecule has 0 fully saturated rings. The Labute approximate surface area is 106 Å². The number of halogens is 1. The Kier molecular flexibility index (Phi) is 3.92. The number of hydrogen-bond donors (Lipinski definition) is 1. The molecule has 0 spiro atoms. The van der Waals surface area contributed by atoms with Gasteiger partial charge in [0.2, 0.25) is 0 Å². The lowest BCUT2D eigenvalue weighted by atomic mass is 10.0. The van der Waals surface area contributed by atoms with Gasteiger partial charge in [0.25, 0.3) is 0 Å². The Morgan fingerprint density at radius 2 is 2.06 bits per heavy atom. The van der Waals surface area contributed by atoms with Gasteiger partial charge < -0.3 is 15.2 Å². The molecular formula is C13H16ClNO2. The lowest BCUT2D eigenvalue weighted by molar-refractivity contribution is 0.170. The van der Waals surface area contributed by atoms with Gasteiger partial charge in [0, 0.05) is 12.1 Å². The standard InChI is InChI=1S/C13H16ClNO2/c1-2-10-9(4-3-5-15)8-11(14)13-12(10)16-6-7-17-13/h3-4,8H,2,5-7,15H2,1H3/b4-3+. The fraction of sp³-hybridized carbons (Fsp3) is 0.385. The summed E-state index contributed by atoms with van der Waals surface area (Å²) in [5, 5.41) is 0.591. The predicted molar refractivity (Wildman–Crippen MR) is 69.9 cm³/mol. The first kappa shape index (κ1) is 12.3. The third-order valence-corrected chi connectivity index (χ3v) is 2.97. The zero-order valence-electron chi connectivity index (χ0n) is 9.83. The number of nitrogens with two attached hydrogens (primary N) is 1. The van der Waals surface area contributed by atoms with E-state index in [4.69, 9.17) is 26.8 Å². The quantitative estimate of drug-likeness (QED) is 0.901. The van der Waals surface area contributed by atoms with Gasteiger partial charge >= 0.3 is 0 Å². The van der Waals surface area contributed by atoms with Crippen LogP contribution in [0.5, 0.6) is 11.5 Å². The van der Waals surface area contributed by atoms with Crippen LogP contribution in [0.3, 0.4) is 0 Å². The molecule has 0 unspecified atom stereocenters. The van der Waals surface area contributed by atoms with E-state index in [-0.39, 0.29) is 0 Å². The monoisotopic (exact) mass is 253 g/mol. The van der Waals surface area contributed by atoms with Crippen LogP contribution in [0.1, 0.15) is 18.1 Å². The Hall–Kier alpha value is -1.19. The number of hydrogen-bond acceptors (Lipinski definition) is 3. The Bertz CT molecular complexity index is 444. The van der Waals surface area contributed by atoms with Gasteiger partial charge in [0.1, 0.15) is 13.2 Å². The van der Waals surface area contributed by atoms with E-state index in [2.05, 4.69) is 6.92 Å². The number of ether oxygens (including phenoxy) is 2. The molecule has 4 heteroatoms. The minimum Gasteiger partial charge on any atom is -0.486 e. The van der Waals surface area contributed by atoms with Crippen molar-refractivity contribution < 1.29 is 9.47 Å². The first-order chi connectivity index (χ1) is 8.27. The predicted octanol–water partition coefficient (Wildman–Crippen LogP) is 2.65. The number of fused-ring (bicyclic) bond motifs is 1. The third kappa shape index (κ3) is 2.40. The maximum atomic E-state index is 6.19. The summed E-state index contributed by atoms with van der Waals surface area (Å²) in [4.78, 5) is 0. The molecule has 1 aromatic carbocycles. The van der Waals surface area contributed by atoms with Crippen molar-refractivity contribution in [1.82, 2.24) is 0 Å². The summed E-state index contributed by atoms with van der Waals surface area (Å²) in [7, 11) is 0. The molecule has 1 aliphatic heterocycles. The molecule has 1 aromatic rings. The molecule has 0 bridgehead atoms. The highest BCUT2D eigenvalue weighted by Gasteiger charge is 2.21. The fourth-order valence-corrected chi connectivity index (χ4v) is 2.21. The van der Waals surface area contributed by atoms with E-state index >= 15 is 0 Å². The second-order valence-electron chi connectivity index (χ2n) is 3.77. The van der Waals surface area contributed by atoms with Crippen LogP contribution in [-0.2, 0) is 6.42 Å². The number of benzene rings is 1. The Balaban J connectivity index is 2.53. The summed E-state index contributed by atoms with van der Waals surface area (Å²) < 4.78 is 11.2. The van der Waals surface area contributed by atoms with E-state index in [1.807, 2.05) is 18.2 Å². The topological polar surface area (TPSA) is 44.5 Å². The van der Waals surface area contributed by atoms with Gasteiger partial charge in [-0.15, -0.1) is 0 Å². The first-order valence-corrected chi connectivity index (χ1v) is 6.13. The van der Waals surface area contributed by atoms with Crippen LogP contribution in [-0.4, -0.2) is 19.8 Å². The molecule has 0 aliphatic carbocycles. The van der Waals surface area contributed by atoms with Crippen molar-refractivity contribution in [3.05, 3.63) is 28.3 Å². The van der Waals surface area contributed by atoms with Crippen LogP contribution in [0.4, 0.5) is 0 Å². The molecule has 1 aliphatic rings. The van der Waals surface area contributed by atoms with E-state index in [0.29, 0.717) is 30.5 Å². The van der Waals surface area contributed by atoms with Crippen molar-refractivity contribution in [3.8, 4) is 11.5 Å². The zero-order chi connectivity index (χ0) is 12.3. The Morgan fingerprint density at radius 1 is 1.35 bits per heavy atom. The SMILES string of the molecule is CCc1c(/C=C/CN)cc(Cl)c2c1OCCO2. The minimum atomic E-state index is 0.509. The maximum absolute atomic E-state index is 6.19. The minimum absolute atomic E-state index is 0.509. The molecule has 92 valence electrons. The highest BCUT2D eigenvalue weighted by molar-refractivity contribution is 6.32. The van der Waals surface area contributed by atoms with Crippen LogP contribution in [0, 0.1) is 0 Å². The van der Waals surface area contributed by atoms with Crippen LogP contribution < -0.4 is 15.2 Å².